The van der Waals surface area contributed by atoms with E-state index in [0.717, 1.165) is 18.4 Å². The Hall–Kier alpha value is -2.99. The first kappa shape index (κ1) is 21.2. The third kappa shape index (κ3) is 4.85. The van der Waals surface area contributed by atoms with Crippen molar-refractivity contribution in [1.29, 1.82) is 0 Å². The highest BCUT2D eigenvalue weighted by Crippen LogP contribution is 2.31. The average Bonchev–Trinajstić information content (AvgIpc) is 2.76. The van der Waals surface area contributed by atoms with E-state index in [-0.39, 0.29) is 22.7 Å². The number of piperidine rings is 1. The minimum atomic E-state index is -0.323. The number of halogens is 3. The Morgan fingerprint density at radius 3 is 2.39 bits per heavy atom. The maximum atomic E-state index is 13.4. The molecule has 31 heavy (non-hydrogen) atoms. The maximum Gasteiger partial charge on any atom is 0.257 e. The number of nitrogens with one attached hydrogen (secondary N) is 1. The lowest BCUT2D eigenvalue weighted by molar-refractivity contribution is 0.0713. The van der Waals surface area contributed by atoms with E-state index in [1.807, 2.05) is 12.1 Å². The molecule has 0 spiro atoms. The molecule has 2 aromatic carbocycles. The van der Waals surface area contributed by atoms with Crippen LogP contribution in [0.25, 0.3) is 0 Å². The van der Waals surface area contributed by atoms with Gasteiger partial charge in [-0.25, -0.2) is 13.8 Å². The van der Waals surface area contributed by atoms with Gasteiger partial charge in [-0.1, -0.05) is 23.7 Å². The minimum absolute atomic E-state index is 0.135. The fraction of sp³-hybridized carbons (Fsp3) is 0.250. The molecule has 0 bridgehead atoms. The molecular weight excluding hydrogens is 420 g/mol. The summed E-state index contributed by atoms with van der Waals surface area (Å²) in [5.74, 6) is -0.407. The number of hydrogen-bond acceptors (Lipinski definition) is 3. The normalized spacial score (nSPS) is 14.5. The topological polar surface area (TPSA) is 45.2 Å². The molecule has 1 N–H and O–H groups in total. The summed E-state index contributed by atoms with van der Waals surface area (Å²) >= 11 is 6.07. The molecule has 0 atom stereocenters. The standard InChI is InChI=1S/C24H22ClF2N3O/c1-15-12-19(27)6-7-21(15)29-22-13-23(25)28-14-20(22)24(31)30-10-8-17(9-11-30)16-2-4-18(26)5-3-16/h2-7,12-14,17H,8-11H2,1H3,(H,28,29). The average molecular weight is 442 g/mol. The Bertz CT molecular complexity index is 1100. The van der Waals surface area contributed by atoms with E-state index >= 15 is 0 Å². The Morgan fingerprint density at radius 2 is 1.71 bits per heavy atom. The largest absolute Gasteiger partial charge is 0.355 e. The Kier molecular flexibility index (Phi) is 6.18. The van der Waals surface area contributed by atoms with E-state index in [1.165, 1.54) is 30.5 Å². The summed E-state index contributed by atoms with van der Waals surface area (Å²) < 4.78 is 26.6. The SMILES string of the molecule is Cc1cc(F)ccc1Nc1cc(Cl)ncc1C(=O)N1CCC(c2ccc(F)cc2)CC1. The molecule has 4 nitrogen and oxygen atoms in total. The van der Waals surface area contributed by atoms with Gasteiger partial charge in [0.2, 0.25) is 0 Å². The van der Waals surface area contributed by atoms with E-state index in [9.17, 15) is 13.6 Å². The minimum Gasteiger partial charge on any atom is -0.355 e. The number of nitrogens with zero attached hydrogens (tertiary/aromatic N) is 2. The number of carbonyl (C=O) groups is 1. The zero-order chi connectivity index (χ0) is 22.0. The second-order valence-corrected chi connectivity index (χ2v) is 8.14. The summed E-state index contributed by atoms with van der Waals surface area (Å²) in [5.41, 5.74) is 3.43. The van der Waals surface area contributed by atoms with Crippen molar-refractivity contribution in [3.05, 3.63) is 88.2 Å². The summed E-state index contributed by atoms with van der Waals surface area (Å²) in [7, 11) is 0. The zero-order valence-electron chi connectivity index (χ0n) is 17.0. The molecule has 0 saturated carbocycles. The van der Waals surface area contributed by atoms with E-state index in [0.29, 0.717) is 41.5 Å². The van der Waals surface area contributed by atoms with E-state index in [2.05, 4.69) is 10.3 Å². The van der Waals surface area contributed by atoms with Gasteiger partial charge in [-0.2, -0.15) is 0 Å². The monoisotopic (exact) mass is 441 g/mol. The molecule has 0 aliphatic carbocycles. The third-order valence-electron chi connectivity index (χ3n) is 5.68. The van der Waals surface area contributed by atoms with Crippen molar-refractivity contribution in [2.75, 3.05) is 18.4 Å². The predicted octanol–water partition coefficient (Wildman–Crippen LogP) is 6.09. The summed E-state index contributed by atoms with van der Waals surface area (Å²) in [6, 6.07) is 12.6. The van der Waals surface area contributed by atoms with Gasteiger partial charge < -0.3 is 10.2 Å². The first-order valence-corrected chi connectivity index (χ1v) is 10.5. The summed E-state index contributed by atoms with van der Waals surface area (Å²) in [6.07, 6.45) is 3.08. The fourth-order valence-electron chi connectivity index (χ4n) is 3.94. The highest BCUT2D eigenvalue weighted by Gasteiger charge is 2.26. The number of rotatable bonds is 4. The van der Waals surface area contributed by atoms with Crippen LogP contribution >= 0.6 is 11.6 Å². The molecule has 1 aliphatic rings. The molecule has 1 aliphatic heterocycles. The summed E-state index contributed by atoms with van der Waals surface area (Å²) in [5, 5.41) is 3.45. The number of carbonyl (C=O) groups excluding carboxylic acids is 1. The third-order valence-corrected chi connectivity index (χ3v) is 5.89. The van der Waals surface area contributed by atoms with Gasteiger partial charge in [0.15, 0.2) is 0 Å². The van der Waals surface area contributed by atoms with Gasteiger partial charge in [0.05, 0.1) is 11.3 Å². The molecule has 7 heteroatoms. The Labute approximate surface area is 184 Å². The smallest absolute Gasteiger partial charge is 0.257 e. The van der Waals surface area contributed by atoms with Gasteiger partial charge in [0.1, 0.15) is 16.8 Å². The molecule has 0 unspecified atom stereocenters. The van der Waals surface area contributed by atoms with Crippen LogP contribution in [0.5, 0.6) is 0 Å². The number of anilines is 2. The molecule has 3 aromatic rings. The lowest BCUT2D eigenvalue weighted by Gasteiger charge is -2.32. The van der Waals surface area contributed by atoms with Gasteiger partial charge in [-0.05, 0) is 73.2 Å². The van der Waals surface area contributed by atoms with Crippen molar-refractivity contribution in [3.63, 3.8) is 0 Å². The molecule has 1 amide bonds. The van der Waals surface area contributed by atoms with Crippen LogP contribution in [0.15, 0.2) is 54.7 Å². The van der Waals surface area contributed by atoms with Crippen LogP contribution in [-0.2, 0) is 0 Å². The number of aryl methyl sites for hydroxylation is 1. The van der Waals surface area contributed by atoms with Crippen molar-refractivity contribution < 1.29 is 13.6 Å². The van der Waals surface area contributed by atoms with Crippen molar-refractivity contribution in [2.24, 2.45) is 0 Å². The van der Waals surface area contributed by atoms with E-state index < -0.39 is 0 Å². The Balaban J connectivity index is 1.50. The first-order valence-electron chi connectivity index (χ1n) is 10.1. The van der Waals surface area contributed by atoms with Crippen molar-refractivity contribution in [2.45, 2.75) is 25.7 Å². The molecule has 1 aromatic heterocycles. The predicted molar refractivity (Wildman–Crippen MR) is 118 cm³/mol. The van der Waals surface area contributed by atoms with Gasteiger partial charge in [0.25, 0.3) is 5.91 Å². The highest BCUT2D eigenvalue weighted by molar-refractivity contribution is 6.29. The molecule has 1 saturated heterocycles. The number of pyridine rings is 1. The van der Waals surface area contributed by atoms with Crippen LogP contribution in [0, 0.1) is 18.6 Å². The van der Waals surface area contributed by atoms with Crippen LogP contribution in [0.3, 0.4) is 0 Å². The Morgan fingerprint density at radius 1 is 1.03 bits per heavy atom. The number of hydrogen-bond donors (Lipinski definition) is 1. The van der Waals surface area contributed by atoms with Gasteiger partial charge >= 0.3 is 0 Å². The van der Waals surface area contributed by atoms with Crippen molar-refractivity contribution >= 4 is 28.9 Å². The van der Waals surface area contributed by atoms with E-state index in [1.54, 1.807) is 24.0 Å². The van der Waals surface area contributed by atoms with Crippen molar-refractivity contribution in [1.82, 2.24) is 9.88 Å². The van der Waals surface area contributed by atoms with Crippen LogP contribution in [0.1, 0.15) is 40.2 Å². The van der Waals surface area contributed by atoms with Crippen LogP contribution in [0.2, 0.25) is 5.15 Å². The second-order valence-electron chi connectivity index (χ2n) is 7.75. The number of amides is 1. The number of benzene rings is 2. The summed E-state index contributed by atoms with van der Waals surface area (Å²) in [6.45, 7) is 2.98. The van der Waals surface area contributed by atoms with Crippen molar-refractivity contribution in [3.8, 4) is 0 Å². The molecule has 0 radical (unpaired) electrons. The molecule has 4 rings (SSSR count). The first-order chi connectivity index (χ1) is 14.9. The number of aromatic nitrogens is 1. The highest BCUT2D eigenvalue weighted by atomic mass is 35.5. The maximum absolute atomic E-state index is 13.4. The van der Waals surface area contributed by atoms with Crippen LogP contribution < -0.4 is 5.32 Å². The molecule has 2 heterocycles. The summed E-state index contributed by atoms with van der Waals surface area (Å²) in [4.78, 5) is 19.1. The number of likely N-dealkylation sites (tertiary alicyclic amines) is 1. The zero-order valence-corrected chi connectivity index (χ0v) is 17.8. The molecule has 1 fully saturated rings. The molecule has 160 valence electrons. The van der Waals surface area contributed by atoms with E-state index in [4.69, 9.17) is 11.6 Å². The lowest BCUT2D eigenvalue weighted by atomic mass is 9.89. The lowest BCUT2D eigenvalue weighted by Crippen LogP contribution is -2.38. The molecular formula is C24H22ClF2N3O. The second kappa shape index (κ2) is 9.02. The van der Waals surface area contributed by atoms with Crippen LogP contribution in [0.4, 0.5) is 20.2 Å². The van der Waals surface area contributed by atoms with Gasteiger partial charge in [-0.15, -0.1) is 0 Å². The van der Waals surface area contributed by atoms with Gasteiger partial charge in [-0.3, -0.25) is 4.79 Å². The fourth-order valence-corrected chi connectivity index (χ4v) is 4.10. The quantitative estimate of drug-likeness (QED) is 0.498. The van der Waals surface area contributed by atoms with Crippen LogP contribution in [-0.4, -0.2) is 28.9 Å². The van der Waals surface area contributed by atoms with Gasteiger partial charge in [0, 0.05) is 25.0 Å².